The number of quaternary nitrogens is 1. The molecule has 1 heterocycles. The van der Waals surface area contributed by atoms with E-state index in [-0.39, 0.29) is 5.91 Å². The quantitative estimate of drug-likeness (QED) is 0.612. The highest BCUT2D eigenvalue weighted by Crippen LogP contribution is 2.22. The molecule has 0 unspecified atom stereocenters. The van der Waals surface area contributed by atoms with Crippen LogP contribution in [0.4, 0.5) is 0 Å². The zero-order valence-electron chi connectivity index (χ0n) is 16.8. The Morgan fingerprint density at radius 3 is 2.37 bits per heavy atom. The molecule has 1 aliphatic rings. The van der Waals surface area contributed by atoms with E-state index < -0.39 is 10.0 Å². The van der Waals surface area contributed by atoms with Gasteiger partial charge in [-0.15, -0.1) is 0 Å². The zero-order chi connectivity index (χ0) is 19.9. The van der Waals surface area contributed by atoms with Gasteiger partial charge in [0.1, 0.15) is 0 Å². The lowest BCUT2D eigenvalue weighted by Gasteiger charge is -2.31. The van der Waals surface area contributed by atoms with Gasteiger partial charge < -0.3 is 10.2 Å². The van der Waals surface area contributed by atoms with Gasteiger partial charge in [-0.25, -0.2) is 8.42 Å². The molecule has 6 nitrogen and oxygen atoms in total. The summed E-state index contributed by atoms with van der Waals surface area (Å²) in [6.07, 6.45) is 3.08. The van der Waals surface area contributed by atoms with Crippen LogP contribution in [0.2, 0.25) is 0 Å². The number of piperazine rings is 1. The van der Waals surface area contributed by atoms with Crippen molar-refractivity contribution in [3.8, 4) is 0 Å². The van der Waals surface area contributed by atoms with Crippen LogP contribution in [0.3, 0.4) is 0 Å². The van der Waals surface area contributed by atoms with Gasteiger partial charge in [0.15, 0.2) is 6.54 Å². The molecule has 27 heavy (non-hydrogen) atoms. The van der Waals surface area contributed by atoms with Gasteiger partial charge in [0, 0.05) is 6.54 Å². The van der Waals surface area contributed by atoms with E-state index in [1.54, 1.807) is 16.4 Å². The summed E-state index contributed by atoms with van der Waals surface area (Å²) in [6, 6.07) is 7.28. The van der Waals surface area contributed by atoms with Gasteiger partial charge in [0.2, 0.25) is 10.0 Å². The molecule has 1 fully saturated rings. The lowest BCUT2D eigenvalue weighted by molar-refractivity contribution is -0.895. The first-order valence-corrected chi connectivity index (χ1v) is 11.5. The van der Waals surface area contributed by atoms with Crippen molar-refractivity contribution < 1.29 is 18.1 Å². The molecular formula is C20H34N3O3S+. The maximum absolute atomic E-state index is 12.9. The molecule has 2 rings (SSSR count). The van der Waals surface area contributed by atoms with Crippen LogP contribution in [0.5, 0.6) is 0 Å². The number of amides is 1. The molecule has 1 aromatic rings. The average molecular weight is 397 g/mol. The standard InChI is InChI=1S/C20H33N3O3S/c1-4-6-11-21-20(24)16-22-12-14-23(15-13-22)27(25,26)19-9-7-18(8-10-19)17(3)5-2/h7-10,17H,4-6,11-16H2,1-3H3,(H,21,24)/p+1/t17-/m0/s1. The number of carbonyl (C=O) groups excluding carboxylic acids is 1. The van der Waals surface area contributed by atoms with Crippen molar-refractivity contribution in [3.63, 3.8) is 0 Å². The number of rotatable bonds is 9. The van der Waals surface area contributed by atoms with Crippen LogP contribution in [-0.2, 0) is 14.8 Å². The molecule has 0 aliphatic carbocycles. The molecular weight excluding hydrogens is 362 g/mol. The molecule has 0 radical (unpaired) electrons. The molecule has 1 atom stereocenters. The Hall–Kier alpha value is -1.44. The second kappa shape index (κ2) is 10.2. The second-order valence-corrected chi connectivity index (χ2v) is 9.35. The number of benzene rings is 1. The molecule has 1 aliphatic heterocycles. The second-order valence-electron chi connectivity index (χ2n) is 7.41. The Kier molecular flexibility index (Phi) is 8.26. The van der Waals surface area contributed by atoms with E-state index >= 15 is 0 Å². The Balaban J connectivity index is 1.89. The molecule has 0 aromatic heterocycles. The largest absolute Gasteiger partial charge is 0.351 e. The lowest BCUT2D eigenvalue weighted by atomic mass is 9.99. The van der Waals surface area contributed by atoms with Gasteiger partial charge in [-0.1, -0.05) is 39.3 Å². The van der Waals surface area contributed by atoms with Crippen molar-refractivity contribution in [1.29, 1.82) is 0 Å². The maximum atomic E-state index is 12.9. The van der Waals surface area contributed by atoms with E-state index in [2.05, 4.69) is 26.1 Å². The topological polar surface area (TPSA) is 70.9 Å². The summed E-state index contributed by atoms with van der Waals surface area (Å²) in [5.74, 6) is 0.479. The average Bonchev–Trinajstić information content (AvgIpc) is 2.68. The number of hydrogen-bond acceptors (Lipinski definition) is 3. The molecule has 152 valence electrons. The van der Waals surface area contributed by atoms with Crippen LogP contribution in [0.1, 0.15) is 51.5 Å². The van der Waals surface area contributed by atoms with Crippen molar-refractivity contribution in [2.45, 2.75) is 50.8 Å². The fourth-order valence-corrected chi connectivity index (χ4v) is 4.71. The predicted octanol–water partition coefficient (Wildman–Crippen LogP) is 1.01. The van der Waals surface area contributed by atoms with Crippen LogP contribution in [0, 0.1) is 0 Å². The van der Waals surface area contributed by atoms with Gasteiger partial charge in [-0.3, -0.25) is 4.79 Å². The van der Waals surface area contributed by atoms with Gasteiger partial charge in [-0.05, 0) is 36.5 Å². The van der Waals surface area contributed by atoms with E-state index in [1.165, 1.54) is 5.56 Å². The maximum Gasteiger partial charge on any atom is 0.275 e. The van der Waals surface area contributed by atoms with Crippen molar-refractivity contribution in [3.05, 3.63) is 29.8 Å². The summed E-state index contributed by atoms with van der Waals surface area (Å²) < 4.78 is 27.3. The van der Waals surface area contributed by atoms with Crippen molar-refractivity contribution in [1.82, 2.24) is 9.62 Å². The summed E-state index contributed by atoms with van der Waals surface area (Å²) in [5.41, 5.74) is 1.17. The van der Waals surface area contributed by atoms with E-state index in [0.717, 1.165) is 30.7 Å². The van der Waals surface area contributed by atoms with E-state index in [9.17, 15) is 13.2 Å². The van der Waals surface area contributed by atoms with Crippen LogP contribution >= 0.6 is 0 Å². The smallest absolute Gasteiger partial charge is 0.275 e. The van der Waals surface area contributed by atoms with Gasteiger partial charge in [-0.2, -0.15) is 4.31 Å². The zero-order valence-corrected chi connectivity index (χ0v) is 17.6. The number of nitrogens with one attached hydrogen (secondary N) is 2. The third kappa shape index (κ3) is 6.02. The van der Waals surface area contributed by atoms with Gasteiger partial charge in [0.25, 0.3) is 5.91 Å². The monoisotopic (exact) mass is 396 g/mol. The van der Waals surface area contributed by atoms with Crippen LogP contribution in [0.25, 0.3) is 0 Å². The SMILES string of the molecule is CCCCNC(=O)C[NH+]1CCN(S(=O)(=O)c2ccc([C@@H](C)CC)cc2)CC1. The van der Waals surface area contributed by atoms with Crippen LogP contribution in [0.15, 0.2) is 29.2 Å². The third-order valence-corrected chi connectivity index (χ3v) is 7.30. The van der Waals surface area contributed by atoms with Gasteiger partial charge in [0.05, 0.1) is 31.1 Å². The van der Waals surface area contributed by atoms with E-state index in [0.29, 0.717) is 43.5 Å². The molecule has 0 saturated carbocycles. The van der Waals surface area contributed by atoms with Crippen molar-refractivity contribution >= 4 is 15.9 Å². The molecule has 1 saturated heterocycles. The van der Waals surface area contributed by atoms with Gasteiger partial charge >= 0.3 is 0 Å². The minimum absolute atomic E-state index is 0.0513. The summed E-state index contributed by atoms with van der Waals surface area (Å²) in [5, 5.41) is 2.93. The first-order valence-electron chi connectivity index (χ1n) is 10.1. The Bertz CT molecular complexity index is 696. The minimum Gasteiger partial charge on any atom is -0.351 e. The van der Waals surface area contributed by atoms with E-state index in [4.69, 9.17) is 0 Å². The highest BCUT2D eigenvalue weighted by Gasteiger charge is 2.31. The molecule has 7 heteroatoms. The molecule has 1 aromatic carbocycles. The number of unbranched alkanes of at least 4 members (excludes halogenated alkanes) is 1. The molecule has 0 bridgehead atoms. The number of carbonyl (C=O) groups is 1. The third-order valence-electron chi connectivity index (χ3n) is 5.39. The first kappa shape index (κ1) is 21.9. The van der Waals surface area contributed by atoms with Crippen LogP contribution < -0.4 is 10.2 Å². The van der Waals surface area contributed by atoms with Crippen molar-refractivity contribution in [2.24, 2.45) is 0 Å². The first-order chi connectivity index (χ1) is 12.9. The molecule has 1 amide bonds. The number of nitrogens with zero attached hydrogens (tertiary/aromatic N) is 1. The highest BCUT2D eigenvalue weighted by molar-refractivity contribution is 7.89. The summed E-state index contributed by atoms with van der Waals surface area (Å²) >= 11 is 0. The van der Waals surface area contributed by atoms with Crippen LogP contribution in [-0.4, -0.2) is 57.9 Å². The normalized spacial score (nSPS) is 17.6. The fourth-order valence-electron chi connectivity index (χ4n) is 3.27. The Labute approximate surface area is 164 Å². The fraction of sp³-hybridized carbons (Fsp3) is 0.650. The van der Waals surface area contributed by atoms with E-state index in [1.807, 2.05) is 12.1 Å². The summed E-state index contributed by atoms with van der Waals surface area (Å²) in [4.78, 5) is 13.4. The molecule has 0 spiro atoms. The lowest BCUT2D eigenvalue weighted by Crippen LogP contribution is -3.15. The number of sulfonamides is 1. The van der Waals surface area contributed by atoms with Crippen molar-refractivity contribution in [2.75, 3.05) is 39.3 Å². The highest BCUT2D eigenvalue weighted by atomic mass is 32.2. The minimum atomic E-state index is -3.46. The number of hydrogen-bond donors (Lipinski definition) is 2. The summed E-state index contributed by atoms with van der Waals surface area (Å²) in [6.45, 7) is 9.72. The Morgan fingerprint density at radius 2 is 1.81 bits per heavy atom. The summed E-state index contributed by atoms with van der Waals surface area (Å²) in [7, 11) is -3.46. The molecule has 2 N–H and O–H groups in total. The predicted molar refractivity (Wildman–Crippen MR) is 107 cm³/mol. The Morgan fingerprint density at radius 1 is 1.19 bits per heavy atom.